The Labute approximate surface area is 183 Å². The predicted molar refractivity (Wildman–Crippen MR) is 116 cm³/mol. The van der Waals surface area contributed by atoms with Crippen molar-refractivity contribution in [1.29, 1.82) is 0 Å². The van der Waals surface area contributed by atoms with Crippen molar-refractivity contribution in [3.05, 3.63) is 58.8 Å². The number of amides is 1. The fourth-order valence-corrected chi connectivity index (χ4v) is 3.84. The van der Waals surface area contributed by atoms with Crippen LogP contribution in [0.1, 0.15) is 12.8 Å². The van der Waals surface area contributed by atoms with Gasteiger partial charge in [-0.15, -0.1) is 0 Å². The van der Waals surface area contributed by atoms with E-state index in [0.717, 1.165) is 16.7 Å². The largest absolute Gasteiger partial charge is 0.370 e. The monoisotopic (exact) mass is 466 g/mol. The van der Waals surface area contributed by atoms with Gasteiger partial charge in [-0.2, -0.15) is 0 Å². The molecule has 0 spiro atoms. The van der Waals surface area contributed by atoms with Crippen LogP contribution in [0.5, 0.6) is 0 Å². The maximum Gasteiger partial charge on any atom is 0.275 e. The van der Waals surface area contributed by atoms with E-state index >= 15 is 0 Å². The van der Waals surface area contributed by atoms with Crippen molar-refractivity contribution in [2.45, 2.75) is 30.3 Å². The van der Waals surface area contributed by atoms with Gasteiger partial charge in [-0.3, -0.25) is 19.3 Å². The summed E-state index contributed by atoms with van der Waals surface area (Å²) in [6.07, 6.45) is 2.55. The van der Waals surface area contributed by atoms with Gasteiger partial charge >= 0.3 is 0 Å². The maximum absolute atomic E-state index is 13.8. The molecular weight excluding hydrogens is 443 g/mol. The first-order valence-electron chi connectivity index (χ1n) is 9.41. The number of aldehydes is 1. The Morgan fingerprint density at radius 2 is 1.94 bits per heavy atom. The van der Waals surface area contributed by atoms with Crippen LogP contribution in [0.4, 0.5) is 10.1 Å². The predicted octanol–water partition coefficient (Wildman–Crippen LogP) is -0.474. The molecule has 1 atom stereocenters. The zero-order valence-corrected chi connectivity index (χ0v) is 17.7. The molecule has 1 amide bonds. The van der Waals surface area contributed by atoms with Gasteiger partial charge in [-0.25, -0.2) is 12.8 Å². The first-order valence-corrected chi connectivity index (χ1v) is 10.9. The lowest BCUT2D eigenvalue weighted by Crippen LogP contribution is -2.40. The fourth-order valence-electron chi connectivity index (χ4n) is 2.70. The number of nitrogens with two attached hydrogens (primary N) is 2. The highest BCUT2D eigenvalue weighted by atomic mass is 32.2. The third-order valence-electron chi connectivity index (χ3n) is 4.18. The highest BCUT2D eigenvalue weighted by Crippen LogP contribution is 2.16. The summed E-state index contributed by atoms with van der Waals surface area (Å²) >= 11 is 0. The number of carbonyl (C=O) groups excluding carboxylic acids is 2. The minimum Gasteiger partial charge on any atom is -0.370 e. The topological polar surface area (TPSA) is 179 Å². The molecule has 0 saturated heterocycles. The Bertz CT molecular complexity index is 1160. The number of hydrogen-bond acceptors (Lipinski definition) is 6. The smallest absolute Gasteiger partial charge is 0.275 e. The third kappa shape index (κ3) is 6.91. The minimum absolute atomic E-state index is 0.0819. The molecule has 0 saturated carbocycles. The van der Waals surface area contributed by atoms with Gasteiger partial charge in [0.2, 0.25) is 5.91 Å². The molecule has 1 heterocycles. The molecule has 1 aromatic carbocycles. The maximum atomic E-state index is 13.8. The number of guanidine groups is 1. The van der Waals surface area contributed by atoms with Crippen LogP contribution < -0.4 is 27.1 Å². The van der Waals surface area contributed by atoms with Crippen molar-refractivity contribution in [3.8, 4) is 0 Å². The number of aliphatic imine (C=N–C) groups is 1. The van der Waals surface area contributed by atoms with Crippen LogP contribution in [0.3, 0.4) is 0 Å². The number of benzene rings is 1. The number of hydrogen-bond donors (Lipinski definition) is 4. The van der Waals surface area contributed by atoms with Gasteiger partial charge in [-0.05, 0) is 37.1 Å². The summed E-state index contributed by atoms with van der Waals surface area (Å²) in [4.78, 5) is 39.2. The molecule has 0 unspecified atom stereocenters. The van der Waals surface area contributed by atoms with Gasteiger partial charge in [0.15, 0.2) is 5.96 Å². The summed E-state index contributed by atoms with van der Waals surface area (Å²) in [6.45, 7) is -0.182. The van der Waals surface area contributed by atoms with Crippen LogP contribution in [0, 0.1) is 5.82 Å². The Morgan fingerprint density at radius 1 is 1.22 bits per heavy atom. The quantitative estimate of drug-likeness (QED) is 0.149. The molecule has 2 aromatic rings. The van der Waals surface area contributed by atoms with E-state index in [-0.39, 0.29) is 24.6 Å². The summed E-state index contributed by atoms with van der Waals surface area (Å²) in [6, 6.07) is 6.42. The minimum atomic E-state index is -4.37. The average Bonchev–Trinajstić information content (AvgIpc) is 2.73. The molecule has 0 aliphatic carbocycles. The van der Waals surface area contributed by atoms with E-state index in [0.29, 0.717) is 12.7 Å². The van der Waals surface area contributed by atoms with Crippen LogP contribution in [0.25, 0.3) is 0 Å². The van der Waals surface area contributed by atoms with Crippen molar-refractivity contribution < 1.29 is 22.4 Å². The molecule has 0 aliphatic heterocycles. The Kier molecular flexibility index (Phi) is 8.46. The molecule has 0 radical (unpaired) electrons. The standard InChI is InChI=1S/C19H23FN6O5S/c20-14-6-1-2-8-16(14)32(30,31)25-15-7-4-10-26(18(15)29)11-17(28)24-13(12-27)5-3-9-23-19(21)22/h1-2,4,6-8,10,12-13,25H,3,5,9,11H2,(H,24,28)(H4,21,22,23)/t13-/m0/s1. The SMILES string of the molecule is NC(N)=NCCC[C@@H](C=O)NC(=O)Cn1cccc(NS(=O)(=O)c2ccccc2F)c1=O. The average molecular weight is 466 g/mol. The second kappa shape index (κ2) is 11.0. The van der Waals surface area contributed by atoms with Crippen molar-refractivity contribution in [1.82, 2.24) is 9.88 Å². The number of rotatable bonds is 11. The van der Waals surface area contributed by atoms with Crippen LogP contribution in [-0.2, 0) is 26.2 Å². The molecule has 13 heteroatoms. The summed E-state index contributed by atoms with van der Waals surface area (Å²) in [5.74, 6) is -1.70. The number of pyridine rings is 1. The van der Waals surface area contributed by atoms with E-state index in [1.165, 1.54) is 30.5 Å². The van der Waals surface area contributed by atoms with Crippen molar-refractivity contribution in [2.75, 3.05) is 11.3 Å². The molecule has 0 aliphatic rings. The lowest BCUT2D eigenvalue weighted by atomic mass is 10.2. The second-order valence-electron chi connectivity index (χ2n) is 6.65. The van der Waals surface area contributed by atoms with E-state index in [2.05, 4.69) is 10.3 Å². The van der Waals surface area contributed by atoms with Crippen LogP contribution in [0.15, 0.2) is 57.3 Å². The highest BCUT2D eigenvalue weighted by Gasteiger charge is 2.20. The van der Waals surface area contributed by atoms with Gasteiger partial charge in [0.25, 0.3) is 15.6 Å². The number of nitrogens with one attached hydrogen (secondary N) is 2. The Hall–Kier alpha value is -3.74. The van der Waals surface area contributed by atoms with Crippen molar-refractivity contribution in [3.63, 3.8) is 0 Å². The van der Waals surface area contributed by atoms with Gasteiger partial charge < -0.3 is 26.1 Å². The highest BCUT2D eigenvalue weighted by molar-refractivity contribution is 7.92. The fraction of sp³-hybridized carbons (Fsp3) is 0.263. The summed E-state index contributed by atoms with van der Waals surface area (Å²) in [7, 11) is -4.37. The summed E-state index contributed by atoms with van der Waals surface area (Å²) < 4.78 is 41.7. The van der Waals surface area contributed by atoms with E-state index < -0.39 is 44.8 Å². The Morgan fingerprint density at radius 3 is 2.59 bits per heavy atom. The Balaban J connectivity index is 2.08. The number of nitrogens with zero attached hydrogens (tertiary/aromatic N) is 2. The van der Waals surface area contributed by atoms with Crippen LogP contribution >= 0.6 is 0 Å². The van der Waals surface area contributed by atoms with Gasteiger partial charge in [0.05, 0.1) is 6.04 Å². The molecule has 1 aromatic heterocycles. The lowest BCUT2D eigenvalue weighted by Gasteiger charge is -2.14. The van der Waals surface area contributed by atoms with Gasteiger partial charge in [0.1, 0.15) is 29.2 Å². The molecular formula is C19H23FN6O5S. The molecule has 172 valence electrons. The second-order valence-corrected chi connectivity index (χ2v) is 8.30. The van der Waals surface area contributed by atoms with E-state index in [1.54, 1.807) is 0 Å². The lowest BCUT2D eigenvalue weighted by molar-refractivity contribution is -0.124. The molecule has 11 nitrogen and oxygen atoms in total. The molecule has 32 heavy (non-hydrogen) atoms. The van der Waals surface area contributed by atoms with Crippen molar-refractivity contribution >= 4 is 33.9 Å². The number of carbonyl (C=O) groups is 2. The van der Waals surface area contributed by atoms with Crippen LogP contribution in [0.2, 0.25) is 0 Å². The van der Waals surface area contributed by atoms with E-state index in [1.807, 2.05) is 4.72 Å². The summed E-state index contributed by atoms with van der Waals surface area (Å²) in [5, 5.41) is 2.47. The first-order chi connectivity index (χ1) is 15.1. The number of aromatic nitrogens is 1. The number of sulfonamides is 1. The van der Waals surface area contributed by atoms with E-state index in [9.17, 15) is 27.2 Å². The zero-order valence-electron chi connectivity index (χ0n) is 16.9. The van der Waals surface area contributed by atoms with Crippen molar-refractivity contribution in [2.24, 2.45) is 16.5 Å². The summed E-state index contributed by atoms with van der Waals surface area (Å²) in [5.41, 5.74) is 9.23. The molecule has 0 fully saturated rings. The van der Waals surface area contributed by atoms with Gasteiger partial charge in [0, 0.05) is 12.7 Å². The zero-order chi connectivity index (χ0) is 23.7. The van der Waals surface area contributed by atoms with E-state index in [4.69, 9.17) is 11.5 Å². The van der Waals surface area contributed by atoms with Gasteiger partial charge in [-0.1, -0.05) is 12.1 Å². The molecule has 2 rings (SSSR count). The molecule has 0 bridgehead atoms. The number of halogens is 1. The normalized spacial score (nSPS) is 11.9. The molecule has 6 N–H and O–H groups in total. The number of anilines is 1. The van der Waals surface area contributed by atoms with Crippen LogP contribution in [-0.4, -0.2) is 43.7 Å². The first kappa shape index (κ1) is 24.5. The third-order valence-corrected chi connectivity index (χ3v) is 5.58.